The first-order valence-electron chi connectivity index (χ1n) is 6.21. The summed E-state index contributed by atoms with van der Waals surface area (Å²) in [6.07, 6.45) is 0. The lowest BCUT2D eigenvalue weighted by atomic mass is 10.1. The average molecular weight is 294 g/mol. The number of halogens is 2. The highest BCUT2D eigenvalue weighted by molar-refractivity contribution is 6.30. The van der Waals surface area contributed by atoms with E-state index in [9.17, 15) is 0 Å². The summed E-state index contributed by atoms with van der Waals surface area (Å²) < 4.78 is 0. The van der Waals surface area contributed by atoms with Gasteiger partial charge in [0.2, 0.25) is 0 Å². The minimum absolute atomic E-state index is 0.555. The van der Waals surface area contributed by atoms with Crippen LogP contribution in [0.15, 0.2) is 42.5 Å². The second-order valence-electron chi connectivity index (χ2n) is 4.74. The number of rotatable bonds is 4. The Morgan fingerprint density at radius 1 is 1.05 bits per heavy atom. The van der Waals surface area contributed by atoms with Crippen LogP contribution in [0.25, 0.3) is 0 Å². The molecule has 0 heterocycles. The number of hydrogen-bond donors (Lipinski definition) is 0. The van der Waals surface area contributed by atoms with E-state index in [0.29, 0.717) is 5.88 Å². The van der Waals surface area contributed by atoms with Crippen molar-refractivity contribution in [3.8, 4) is 0 Å². The van der Waals surface area contributed by atoms with Gasteiger partial charge in [-0.25, -0.2) is 0 Å². The summed E-state index contributed by atoms with van der Waals surface area (Å²) in [4.78, 5) is 2.22. The fraction of sp³-hybridized carbons (Fsp3) is 0.250. The van der Waals surface area contributed by atoms with Gasteiger partial charge in [-0.2, -0.15) is 0 Å². The maximum Gasteiger partial charge on any atom is 0.0474 e. The SMILES string of the molecule is Cc1cc(CCl)ccc1N(C)Cc1cccc(Cl)c1. The molecule has 100 valence electrons. The van der Waals surface area contributed by atoms with Crippen molar-refractivity contribution < 1.29 is 0 Å². The molecule has 0 saturated heterocycles. The zero-order valence-corrected chi connectivity index (χ0v) is 12.7. The van der Waals surface area contributed by atoms with Gasteiger partial charge in [0.1, 0.15) is 0 Å². The normalized spacial score (nSPS) is 10.5. The molecule has 0 fully saturated rings. The van der Waals surface area contributed by atoms with Crippen LogP contribution in [0.5, 0.6) is 0 Å². The summed E-state index contributed by atoms with van der Waals surface area (Å²) >= 11 is 11.9. The van der Waals surface area contributed by atoms with Crippen LogP contribution in [0, 0.1) is 6.92 Å². The zero-order chi connectivity index (χ0) is 13.8. The highest BCUT2D eigenvalue weighted by Crippen LogP contribution is 2.23. The first-order valence-corrected chi connectivity index (χ1v) is 7.12. The molecule has 0 aliphatic carbocycles. The predicted octanol–water partition coefficient (Wildman–Crippen LogP) is 5.02. The molecule has 0 radical (unpaired) electrons. The second kappa shape index (κ2) is 6.31. The van der Waals surface area contributed by atoms with E-state index in [4.69, 9.17) is 23.2 Å². The van der Waals surface area contributed by atoms with Crippen molar-refractivity contribution in [2.75, 3.05) is 11.9 Å². The molecule has 0 amide bonds. The summed E-state index contributed by atoms with van der Waals surface area (Å²) in [7, 11) is 2.09. The molecule has 0 bridgehead atoms. The molecule has 1 nitrogen and oxygen atoms in total. The van der Waals surface area contributed by atoms with E-state index in [2.05, 4.69) is 43.1 Å². The van der Waals surface area contributed by atoms with E-state index in [0.717, 1.165) is 17.1 Å². The van der Waals surface area contributed by atoms with Crippen molar-refractivity contribution in [2.24, 2.45) is 0 Å². The number of aryl methyl sites for hydroxylation is 1. The summed E-state index contributed by atoms with van der Waals surface area (Å²) in [5, 5.41) is 0.778. The number of alkyl halides is 1. The molecule has 2 aromatic rings. The Balaban J connectivity index is 2.18. The smallest absolute Gasteiger partial charge is 0.0474 e. The van der Waals surface area contributed by atoms with Crippen LogP contribution in [0.4, 0.5) is 5.69 Å². The Morgan fingerprint density at radius 3 is 2.47 bits per heavy atom. The summed E-state index contributed by atoms with van der Waals surface area (Å²) in [6, 6.07) is 14.3. The van der Waals surface area contributed by atoms with Crippen LogP contribution in [0.2, 0.25) is 5.02 Å². The van der Waals surface area contributed by atoms with Gasteiger partial charge in [-0.3, -0.25) is 0 Å². The first-order chi connectivity index (χ1) is 9.10. The molecule has 3 heteroatoms. The van der Waals surface area contributed by atoms with Gasteiger partial charge in [0.25, 0.3) is 0 Å². The van der Waals surface area contributed by atoms with E-state index >= 15 is 0 Å². The largest absolute Gasteiger partial charge is 0.370 e. The molecular weight excluding hydrogens is 277 g/mol. The van der Waals surface area contributed by atoms with Crippen LogP contribution < -0.4 is 4.90 Å². The highest BCUT2D eigenvalue weighted by atomic mass is 35.5. The fourth-order valence-corrected chi connectivity index (χ4v) is 2.60. The van der Waals surface area contributed by atoms with E-state index in [1.54, 1.807) is 0 Å². The van der Waals surface area contributed by atoms with Crippen molar-refractivity contribution in [3.05, 3.63) is 64.2 Å². The molecule has 0 aliphatic rings. The van der Waals surface area contributed by atoms with E-state index < -0.39 is 0 Å². The number of nitrogens with zero attached hydrogens (tertiary/aromatic N) is 1. The molecular formula is C16H17Cl2N. The molecule has 0 aromatic heterocycles. The lowest BCUT2D eigenvalue weighted by Gasteiger charge is -2.22. The van der Waals surface area contributed by atoms with Crippen LogP contribution in [0.3, 0.4) is 0 Å². The summed E-state index contributed by atoms with van der Waals surface area (Å²) in [6.45, 7) is 2.95. The standard InChI is InChI=1S/C16H17Cl2N/c1-12-8-13(10-17)6-7-16(12)19(2)11-14-4-3-5-15(18)9-14/h3-9H,10-11H2,1-2H3. The monoisotopic (exact) mass is 293 g/mol. The van der Waals surface area contributed by atoms with Gasteiger partial charge in [-0.05, 0) is 41.8 Å². The third kappa shape index (κ3) is 3.65. The summed E-state index contributed by atoms with van der Waals surface area (Å²) in [5.41, 5.74) is 4.81. The molecule has 2 aromatic carbocycles. The minimum atomic E-state index is 0.555. The van der Waals surface area contributed by atoms with Crippen molar-refractivity contribution in [2.45, 2.75) is 19.3 Å². The first kappa shape index (κ1) is 14.2. The Kier molecular flexibility index (Phi) is 4.73. The third-order valence-electron chi connectivity index (χ3n) is 3.14. The van der Waals surface area contributed by atoms with Crippen LogP contribution in [-0.2, 0) is 12.4 Å². The molecule has 19 heavy (non-hydrogen) atoms. The third-order valence-corrected chi connectivity index (χ3v) is 3.68. The van der Waals surface area contributed by atoms with E-state index in [-0.39, 0.29) is 0 Å². The molecule has 0 saturated carbocycles. The van der Waals surface area contributed by atoms with Gasteiger partial charge in [0.05, 0.1) is 0 Å². The minimum Gasteiger partial charge on any atom is -0.370 e. The summed E-state index contributed by atoms with van der Waals surface area (Å²) in [5.74, 6) is 0.555. The van der Waals surface area contributed by atoms with Gasteiger partial charge in [-0.15, -0.1) is 11.6 Å². The quantitative estimate of drug-likeness (QED) is 0.715. The predicted molar refractivity (Wildman–Crippen MR) is 84.3 cm³/mol. The Hall–Kier alpha value is -1.18. The maximum absolute atomic E-state index is 6.01. The lowest BCUT2D eigenvalue weighted by molar-refractivity contribution is 0.916. The molecule has 0 unspecified atom stereocenters. The fourth-order valence-electron chi connectivity index (χ4n) is 2.22. The maximum atomic E-state index is 6.01. The number of hydrogen-bond acceptors (Lipinski definition) is 1. The number of anilines is 1. The molecule has 0 atom stereocenters. The van der Waals surface area contributed by atoms with E-state index in [1.165, 1.54) is 16.8 Å². The lowest BCUT2D eigenvalue weighted by Crippen LogP contribution is -2.17. The average Bonchev–Trinajstić information content (AvgIpc) is 2.38. The van der Waals surface area contributed by atoms with Gasteiger partial charge >= 0.3 is 0 Å². The van der Waals surface area contributed by atoms with Gasteiger partial charge in [-0.1, -0.05) is 35.9 Å². The van der Waals surface area contributed by atoms with Crippen LogP contribution >= 0.6 is 23.2 Å². The van der Waals surface area contributed by atoms with Gasteiger partial charge in [0.15, 0.2) is 0 Å². The Bertz CT molecular complexity index is 566. The highest BCUT2D eigenvalue weighted by Gasteiger charge is 2.06. The number of benzene rings is 2. The topological polar surface area (TPSA) is 3.24 Å². The van der Waals surface area contributed by atoms with Crippen molar-refractivity contribution >= 4 is 28.9 Å². The van der Waals surface area contributed by atoms with Crippen LogP contribution in [0.1, 0.15) is 16.7 Å². The van der Waals surface area contributed by atoms with Crippen molar-refractivity contribution in [3.63, 3.8) is 0 Å². The Morgan fingerprint density at radius 2 is 1.84 bits per heavy atom. The Labute approximate surface area is 124 Å². The van der Waals surface area contributed by atoms with E-state index in [1.807, 2.05) is 18.2 Å². The molecule has 0 spiro atoms. The van der Waals surface area contributed by atoms with Gasteiger partial charge < -0.3 is 4.90 Å². The molecule has 0 aliphatic heterocycles. The van der Waals surface area contributed by atoms with Crippen LogP contribution in [-0.4, -0.2) is 7.05 Å². The van der Waals surface area contributed by atoms with Gasteiger partial charge in [0, 0.05) is 30.2 Å². The van der Waals surface area contributed by atoms with Crippen molar-refractivity contribution in [1.82, 2.24) is 0 Å². The molecule has 2 rings (SSSR count). The zero-order valence-electron chi connectivity index (χ0n) is 11.2. The molecule has 0 N–H and O–H groups in total. The second-order valence-corrected chi connectivity index (χ2v) is 5.44. The van der Waals surface area contributed by atoms with Crippen molar-refractivity contribution in [1.29, 1.82) is 0 Å².